The molecule has 0 fully saturated rings. The van der Waals surface area contributed by atoms with Gasteiger partial charge in [0.2, 0.25) is 5.91 Å². The average molecular weight is 434 g/mol. The topological polar surface area (TPSA) is 88.4 Å². The third kappa shape index (κ3) is 4.23. The number of aromatic carboxylic acids is 1. The van der Waals surface area contributed by atoms with Crippen molar-refractivity contribution in [2.24, 2.45) is 16.9 Å². The molecule has 0 radical (unpaired) electrons. The second-order valence-electron chi connectivity index (χ2n) is 7.84. The van der Waals surface area contributed by atoms with E-state index in [1.807, 2.05) is 25.1 Å². The van der Waals surface area contributed by atoms with E-state index in [-0.39, 0.29) is 29.9 Å². The van der Waals surface area contributed by atoms with E-state index >= 15 is 0 Å². The van der Waals surface area contributed by atoms with E-state index in [9.17, 15) is 9.59 Å². The molecule has 4 rings (SSSR count). The number of carboxylic acids is 1. The van der Waals surface area contributed by atoms with Crippen LogP contribution in [0.2, 0.25) is 0 Å². The monoisotopic (exact) mass is 434 g/mol. The maximum atomic E-state index is 13.2. The Balaban J connectivity index is 1.70. The molecule has 1 amide bonds. The number of fused-ring (bicyclic) bond motifs is 1. The highest BCUT2D eigenvalue weighted by atomic mass is 16.5. The summed E-state index contributed by atoms with van der Waals surface area (Å²) < 4.78 is 11.2. The van der Waals surface area contributed by atoms with Gasteiger partial charge in [0.15, 0.2) is 11.5 Å². The third-order valence-corrected chi connectivity index (χ3v) is 5.88. The molecule has 166 valence electrons. The summed E-state index contributed by atoms with van der Waals surface area (Å²) in [6.45, 7) is 2.71. The number of nitrogens with zero attached hydrogens (tertiary/aromatic N) is 2. The SMILES string of the molecule is CCOc1cc(C2=NN(Cc3ccc(C(=O)O)cc3)C(=O)C3CC=CCC23)ccc1OC. The van der Waals surface area contributed by atoms with E-state index in [0.29, 0.717) is 24.5 Å². The van der Waals surface area contributed by atoms with Crippen molar-refractivity contribution in [3.63, 3.8) is 0 Å². The zero-order valence-corrected chi connectivity index (χ0v) is 18.2. The van der Waals surface area contributed by atoms with E-state index in [1.54, 1.807) is 31.4 Å². The number of hydrogen-bond acceptors (Lipinski definition) is 5. The number of hydrogen-bond donors (Lipinski definition) is 1. The quantitative estimate of drug-likeness (QED) is 0.662. The first-order valence-corrected chi connectivity index (χ1v) is 10.7. The maximum absolute atomic E-state index is 13.2. The van der Waals surface area contributed by atoms with Crippen molar-refractivity contribution in [2.75, 3.05) is 13.7 Å². The number of benzene rings is 2. The van der Waals surface area contributed by atoms with Crippen molar-refractivity contribution >= 4 is 17.6 Å². The molecule has 0 aromatic heterocycles. The summed E-state index contributed by atoms with van der Waals surface area (Å²) in [4.78, 5) is 24.4. The fourth-order valence-corrected chi connectivity index (χ4v) is 4.25. The van der Waals surface area contributed by atoms with E-state index in [2.05, 4.69) is 12.2 Å². The van der Waals surface area contributed by atoms with Gasteiger partial charge in [0.1, 0.15) is 0 Å². The van der Waals surface area contributed by atoms with Crippen LogP contribution in [0.25, 0.3) is 0 Å². The van der Waals surface area contributed by atoms with E-state index < -0.39 is 5.97 Å². The Morgan fingerprint density at radius 1 is 1.09 bits per heavy atom. The molecule has 1 N–H and O–H groups in total. The lowest BCUT2D eigenvalue weighted by atomic mass is 9.76. The van der Waals surface area contributed by atoms with Crippen LogP contribution in [0.5, 0.6) is 11.5 Å². The number of methoxy groups -OCH3 is 1. The van der Waals surface area contributed by atoms with Crippen molar-refractivity contribution in [1.82, 2.24) is 5.01 Å². The van der Waals surface area contributed by atoms with Gasteiger partial charge in [-0.1, -0.05) is 24.3 Å². The fraction of sp³-hybridized carbons (Fsp3) is 0.320. The molecule has 2 aliphatic rings. The van der Waals surface area contributed by atoms with E-state index in [4.69, 9.17) is 19.7 Å². The first-order valence-electron chi connectivity index (χ1n) is 10.7. The van der Waals surface area contributed by atoms with Gasteiger partial charge in [0.25, 0.3) is 0 Å². The standard InChI is InChI=1S/C25H26N2O5/c1-3-32-22-14-18(12-13-21(22)31-2)23-19-6-4-5-7-20(19)24(28)27(26-23)15-16-8-10-17(11-9-16)25(29)30/h4-5,8-14,19-20H,3,6-7,15H2,1-2H3,(H,29,30). The van der Waals surface area contributed by atoms with E-state index in [1.165, 1.54) is 5.01 Å². The second kappa shape index (κ2) is 9.26. The maximum Gasteiger partial charge on any atom is 0.335 e. The van der Waals surface area contributed by atoms with Crippen LogP contribution in [-0.2, 0) is 11.3 Å². The summed E-state index contributed by atoms with van der Waals surface area (Å²) >= 11 is 0. The van der Waals surface area contributed by atoms with Crippen molar-refractivity contribution in [1.29, 1.82) is 0 Å². The van der Waals surface area contributed by atoms with Gasteiger partial charge in [0.05, 0.1) is 37.5 Å². The Kier molecular flexibility index (Phi) is 6.25. The first-order chi connectivity index (χ1) is 15.5. The number of carbonyl (C=O) groups is 2. The minimum atomic E-state index is -0.979. The summed E-state index contributed by atoms with van der Waals surface area (Å²) in [5.41, 5.74) is 2.78. The van der Waals surface area contributed by atoms with E-state index in [0.717, 1.165) is 23.3 Å². The van der Waals surface area contributed by atoms with Crippen molar-refractivity contribution in [3.8, 4) is 11.5 Å². The Bertz CT molecular complexity index is 1070. The molecule has 1 aliphatic carbocycles. The van der Waals surface area contributed by atoms with Gasteiger partial charge in [0, 0.05) is 11.5 Å². The molecule has 0 saturated heterocycles. The van der Waals surface area contributed by atoms with Crippen LogP contribution < -0.4 is 9.47 Å². The Labute approximate surface area is 187 Å². The number of carboxylic acid groups (broad SMARTS) is 1. The van der Waals surface area contributed by atoms with Gasteiger partial charge in [-0.15, -0.1) is 0 Å². The number of allylic oxidation sites excluding steroid dienone is 2. The Morgan fingerprint density at radius 2 is 1.81 bits per heavy atom. The first kappa shape index (κ1) is 21.6. The minimum absolute atomic E-state index is 0.000933. The number of amides is 1. The van der Waals surface area contributed by atoms with Gasteiger partial charge in [-0.25, -0.2) is 9.80 Å². The van der Waals surface area contributed by atoms with Crippen LogP contribution in [0, 0.1) is 11.8 Å². The molecule has 0 bridgehead atoms. The summed E-state index contributed by atoms with van der Waals surface area (Å²) in [5.74, 6) is 0.130. The van der Waals surface area contributed by atoms with Crippen LogP contribution in [0.4, 0.5) is 0 Å². The predicted octanol–water partition coefficient (Wildman–Crippen LogP) is 4.12. The third-order valence-electron chi connectivity index (χ3n) is 5.88. The van der Waals surface area contributed by atoms with Gasteiger partial charge >= 0.3 is 5.97 Å². The largest absolute Gasteiger partial charge is 0.493 e. The van der Waals surface area contributed by atoms with Crippen molar-refractivity contribution in [2.45, 2.75) is 26.3 Å². The number of ether oxygens (including phenoxy) is 2. The highest BCUT2D eigenvalue weighted by Crippen LogP contribution is 2.37. The summed E-state index contributed by atoms with van der Waals surface area (Å²) in [7, 11) is 1.60. The molecule has 2 aromatic rings. The van der Waals surface area contributed by atoms with Crippen molar-refractivity contribution < 1.29 is 24.2 Å². The minimum Gasteiger partial charge on any atom is -0.493 e. The molecule has 0 spiro atoms. The molecule has 32 heavy (non-hydrogen) atoms. The highest BCUT2D eigenvalue weighted by molar-refractivity contribution is 6.07. The van der Waals surface area contributed by atoms with Crippen LogP contribution in [0.1, 0.15) is 41.3 Å². The van der Waals surface area contributed by atoms with Gasteiger partial charge < -0.3 is 14.6 Å². The zero-order valence-electron chi connectivity index (χ0n) is 18.2. The molecule has 2 unspecified atom stereocenters. The normalized spacial score (nSPS) is 19.9. The molecule has 1 heterocycles. The molecule has 2 aromatic carbocycles. The number of carbonyl (C=O) groups excluding carboxylic acids is 1. The summed E-state index contributed by atoms with van der Waals surface area (Å²) in [6.07, 6.45) is 5.59. The Morgan fingerprint density at radius 3 is 2.47 bits per heavy atom. The zero-order chi connectivity index (χ0) is 22.7. The lowest BCUT2D eigenvalue weighted by Crippen LogP contribution is -2.45. The van der Waals surface area contributed by atoms with Gasteiger partial charge in [-0.2, -0.15) is 5.10 Å². The molecule has 7 nitrogen and oxygen atoms in total. The van der Waals surface area contributed by atoms with Gasteiger partial charge in [-0.3, -0.25) is 4.79 Å². The number of hydrazone groups is 1. The second-order valence-corrected chi connectivity index (χ2v) is 7.84. The van der Waals surface area contributed by atoms with Crippen LogP contribution in [0.3, 0.4) is 0 Å². The average Bonchev–Trinajstić information content (AvgIpc) is 2.81. The van der Waals surface area contributed by atoms with Crippen molar-refractivity contribution in [3.05, 3.63) is 71.3 Å². The molecule has 0 saturated carbocycles. The van der Waals surface area contributed by atoms with Crippen LogP contribution in [0.15, 0.2) is 59.7 Å². The number of rotatable bonds is 7. The molecule has 1 aliphatic heterocycles. The molecule has 2 atom stereocenters. The van der Waals surface area contributed by atoms with Gasteiger partial charge in [-0.05, 0) is 55.7 Å². The predicted molar refractivity (Wildman–Crippen MR) is 120 cm³/mol. The van der Waals surface area contributed by atoms with Crippen LogP contribution in [-0.4, -0.2) is 41.4 Å². The highest BCUT2D eigenvalue weighted by Gasteiger charge is 2.40. The smallest absolute Gasteiger partial charge is 0.335 e. The molecular weight excluding hydrogens is 408 g/mol. The Hall–Kier alpha value is -3.61. The summed E-state index contributed by atoms with van der Waals surface area (Å²) in [5, 5.41) is 15.4. The summed E-state index contributed by atoms with van der Waals surface area (Å²) in [6, 6.07) is 12.3. The molecular formula is C25H26N2O5. The lowest BCUT2D eigenvalue weighted by Gasteiger charge is -2.37. The lowest BCUT2D eigenvalue weighted by molar-refractivity contribution is -0.138. The fourth-order valence-electron chi connectivity index (χ4n) is 4.25. The molecule has 7 heteroatoms. The van der Waals surface area contributed by atoms with Crippen LogP contribution >= 0.6 is 0 Å².